The van der Waals surface area contributed by atoms with E-state index in [4.69, 9.17) is 12.2 Å². The van der Waals surface area contributed by atoms with Gasteiger partial charge in [-0.05, 0) is 43.5 Å². The van der Waals surface area contributed by atoms with E-state index in [-0.39, 0.29) is 5.56 Å². The van der Waals surface area contributed by atoms with E-state index >= 15 is 0 Å². The van der Waals surface area contributed by atoms with Crippen LogP contribution in [0, 0.1) is 18.5 Å². The van der Waals surface area contributed by atoms with Crippen LogP contribution in [0.1, 0.15) is 22.5 Å². The third-order valence-corrected chi connectivity index (χ3v) is 6.01. The number of nitrogens with one attached hydrogen (secondary N) is 1. The predicted octanol–water partition coefficient (Wildman–Crippen LogP) is 4.02. The van der Waals surface area contributed by atoms with Gasteiger partial charge in [0.1, 0.15) is 15.9 Å². The summed E-state index contributed by atoms with van der Waals surface area (Å²) in [6.45, 7) is 5.42. The topological polar surface area (TPSA) is 66.8 Å². The van der Waals surface area contributed by atoms with E-state index in [1.54, 1.807) is 0 Å². The number of H-pyrrole nitrogens is 1. The van der Waals surface area contributed by atoms with Gasteiger partial charge in [0.25, 0.3) is 5.56 Å². The molecule has 2 aromatic carbocycles. The maximum Gasteiger partial charge on any atom is 0.264 e. The van der Waals surface area contributed by atoms with Gasteiger partial charge in [0, 0.05) is 18.8 Å². The lowest BCUT2D eigenvalue weighted by Gasteiger charge is -2.29. The Morgan fingerprint density at radius 3 is 2.50 bits per heavy atom. The average molecular weight is 416 g/mol. The van der Waals surface area contributed by atoms with Gasteiger partial charge in [-0.3, -0.25) is 14.3 Å². The third-order valence-electron chi connectivity index (χ3n) is 5.62. The molecule has 1 aliphatic heterocycles. The van der Waals surface area contributed by atoms with Crippen molar-refractivity contribution >= 4 is 29.2 Å². The van der Waals surface area contributed by atoms with Crippen LogP contribution in [0.4, 0.5) is 5.95 Å². The van der Waals surface area contributed by atoms with Gasteiger partial charge in [0.2, 0.25) is 5.95 Å². The highest BCUT2D eigenvalue weighted by atomic mass is 32.1. The first-order valence-electron chi connectivity index (χ1n) is 9.94. The Morgan fingerprint density at radius 1 is 1.00 bits per heavy atom. The van der Waals surface area contributed by atoms with E-state index in [1.807, 2.05) is 48.7 Å². The van der Waals surface area contributed by atoms with Crippen LogP contribution in [-0.2, 0) is 13.0 Å². The Hall–Kier alpha value is -3.32. The SMILES string of the molecule is Cc1ccc(-n2c(C)nc3nc(N4CCc5ccccc5C4)[nH]c(=O)c3c2=S)cc1. The Morgan fingerprint density at radius 2 is 1.73 bits per heavy atom. The number of rotatable bonds is 2. The van der Waals surface area contributed by atoms with Gasteiger partial charge in [-0.1, -0.05) is 54.2 Å². The number of aromatic amines is 1. The van der Waals surface area contributed by atoms with Gasteiger partial charge in [0.05, 0.1) is 0 Å². The fraction of sp³-hybridized carbons (Fsp3) is 0.217. The Labute approximate surface area is 178 Å². The molecule has 3 heterocycles. The molecule has 0 bridgehead atoms. The van der Waals surface area contributed by atoms with Gasteiger partial charge in [-0.15, -0.1) is 0 Å². The Bertz CT molecular complexity index is 1390. The van der Waals surface area contributed by atoms with E-state index in [9.17, 15) is 4.79 Å². The standard InChI is InChI=1S/C23H21N5OS/c1-14-7-9-18(10-8-14)28-15(2)24-20-19(22(28)30)21(29)26-23(25-20)27-12-11-16-5-3-4-6-17(16)13-27/h3-10H,11-13H2,1-2H3,(H,25,26,29). The lowest BCUT2D eigenvalue weighted by atomic mass is 10.0. The van der Waals surface area contributed by atoms with Crippen LogP contribution in [0.2, 0.25) is 0 Å². The molecule has 0 aliphatic carbocycles. The summed E-state index contributed by atoms with van der Waals surface area (Å²) in [6.07, 6.45) is 0.916. The molecule has 1 aliphatic rings. The van der Waals surface area contributed by atoms with Crippen LogP contribution in [0.25, 0.3) is 16.7 Å². The van der Waals surface area contributed by atoms with Crippen LogP contribution in [0.3, 0.4) is 0 Å². The summed E-state index contributed by atoms with van der Waals surface area (Å²) >= 11 is 5.68. The molecule has 0 saturated carbocycles. The van der Waals surface area contributed by atoms with Crippen molar-refractivity contribution in [2.75, 3.05) is 11.4 Å². The van der Waals surface area contributed by atoms with Gasteiger partial charge in [0.15, 0.2) is 5.65 Å². The smallest absolute Gasteiger partial charge is 0.264 e. The normalized spacial score (nSPS) is 13.5. The number of aromatic nitrogens is 4. The molecule has 4 aromatic rings. The van der Waals surface area contributed by atoms with Crippen LogP contribution in [0.5, 0.6) is 0 Å². The molecule has 150 valence electrons. The molecular formula is C23H21N5OS. The largest absolute Gasteiger partial charge is 0.338 e. The highest BCUT2D eigenvalue weighted by Gasteiger charge is 2.20. The maximum atomic E-state index is 13.0. The summed E-state index contributed by atoms with van der Waals surface area (Å²) < 4.78 is 2.25. The van der Waals surface area contributed by atoms with E-state index in [1.165, 1.54) is 11.1 Å². The zero-order valence-electron chi connectivity index (χ0n) is 16.8. The summed E-state index contributed by atoms with van der Waals surface area (Å²) in [5.74, 6) is 1.24. The highest BCUT2D eigenvalue weighted by molar-refractivity contribution is 7.71. The van der Waals surface area contributed by atoms with Gasteiger partial charge in [-0.2, -0.15) is 4.98 Å². The van der Waals surface area contributed by atoms with Crippen LogP contribution in [-0.4, -0.2) is 26.1 Å². The fourth-order valence-electron chi connectivity index (χ4n) is 4.01. The van der Waals surface area contributed by atoms with Crippen LogP contribution >= 0.6 is 12.2 Å². The number of fused-ring (bicyclic) bond motifs is 2. The second-order valence-electron chi connectivity index (χ2n) is 7.66. The van der Waals surface area contributed by atoms with Crippen molar-refractivity contribution in [2.24, 2.45) is 0 Å². The summed E-state index contributed by atoms with van der Waals surface area (Å²) in [4.78, 5) is 27.4. The van der Waals surface area contributed by atoms with Crippen molar-refractivity contribution in [3.05, 3.63) is 86.0 Å². The zero-order chi connectivity index (χ0) is 20.8. The van der Waals surface area contributed by atoms with Gasteiger partial charge in [-0.25, -0.2) is 4.98 Å². The van der Waals surface area contributed by atoms with Crippen molar-refractivity contribution in [1.82, 2.24) is 19.5 Å². The molecule has 0 atom stereocenters. The monoisotopic (exact) mass is 415 g/mol. The second-order valence-corrected chi connectivity index (χ2v) is 8.05. The number of nitrogens with zero attached hydrogens (tertiary/aromatic N) is 4. The molecule has 0 fully saturated rings. The first kappa shape index (κ1) is 18.7. The number of benzene rings is 2. The van der Waals surface area contributed by atoms with E-state index in [0.29, 0.717) is 34.0 Å². The maximum absolute atomic E-state index is 13.0. The third kappa shape index (κ3) is 3.11. The molecule has 0 saturated heterocycles. The lowest BCUT2D eigenvalue weighted by molar-refractivity contribution is 0.707. The van der Waals surface area contributed by atoms with Crippen molar-refractivity contribution < 1.29 is 0 Å². The number of aryl methyl sites for hydroxylation is 2. The predicted molar refractivity (Wildman–Crippen MR) is 121 cm³/mol. The van der Waals surface area contributed by atoms with Crippen LogP contribution < -0.4 is 10.5 Å². The molecule has 1 N–H and O–H groups in total. The summed E-state index contributed by atoms with van der Waals surface area (Å²) in [7, 11) is 0. The fourth-order valence-corrected chi connectivity index (χ4v) is 4.43. The van der Waals surface area contributed by atoms with Crippen molar-refractivity contribution in [1.29, 1.82) is 0 Å². The molecule has 0 spiro atoms. The lowest BCUT2D eigenvalue weighted by Crippen LogP contribution is -2.33. The van der Waals surface area contributed by atoms with Crippen LogP contribution in [0.15, 0.2) is 53.3 Å². The quantitative estimate of drug-likeness (QED) is 0.501. The molecule has 6 nitrogen and oxygen atoms in total. The molecular weight excluding hydrogens is 394 g/mol. The molecule has 30 heavy (non-hydrogen) atoms. The number of anilines is 1. The summed E-state index contributed by atoms with van der Waals surface area (Å²) in [5.41, 5.74) is 4.77. The molecule has 7 heteroatoms. The number of hydrogen-bond acceptors (Lipinski definition) is 5. The minimum Gasteiger partial charge on any atom is -0.338 e. The molecule has 0 unspecified atom stereocenters. The van der Waals surface area contributed by atoms with Crippen molar-refractivity contribution in [3.63, 3.8) is 0 Å². The Balaban J connectivity index is 1.62. The highest BCUT2D eigenvalue weighted by Crippen LogP contribution is 2.23. The first-order chi connectivity index (χ1) is 14.5. The summed E-state index contributed by atoms with van der Waals surface area (Å²) in [6, 6.07) is 16.4. The molecule has 5 rings (SSSR count). The average Bonchev–Trinajstić information content (AvgIpc) is 2.74. The van der Waals surface area contributed by atoms with Crippen molar-refractivity contribution in [2.45, 2.75) is 26.8 Å². The molecule has 2 aromatic heterocycles. The van der Waals surface area contributed by atoms with E-state index < -0.39 is 0 Å². The molecule has 0 amide bonds. The first-order valence-corrected chi connectivity index (χ1v) is 10.3. The van der Waals surface area contributed by atoms with E-state index in [0.717, 1.165) is 24.2 Å². The van der Waals surface area contributed by atoms with Gasteiger partial charge >= 0.3 is 0 Å². The van der Waals surface area contributed by atoms with Gasteiger partial charge < -0.3 is 4.90 Å². The van der Waals surface area contributed by atoms with Crippen molar-refractivity contribution in [3.8, 4) is 5.69 Å². The number of hydrogen-bond donors (Lipinski definition) is 1. The van der Waals surface area contributed by atoms with E-state index in [2.05, 4.69) is 38.1 Å². The molecule has 0 radical (unpaired) electrons. The Kier molecular flexibility index (Phi) is 4.47. The summed E-state index contributed by atoms with van der Waals surface area (Å²) in [5, 5.41) is 0.345. The minimum absolute atomic E-state index is 0.257. The minimum atomic E-state index is -0.257. The second kappa shape index (κ2) is 7.18. The zero-order valence-corrected chi connectivity index (χ0v) is 17.7.